The van der Waals surface area contributed by atoms with Gasteiger partial charge in [-0.05, 0) is 88.0 Å². The van der Waals surface area contributed by atoms with Crippen LogP contribution >= 0.6 is 11.6 Å². The lowest BCUT2D eigenvalue weighted by Crippen LogP contribution is -2.27. The van der Waals surface area contributed by atoms with Crippen molar-refractivity contribution in [3.05, 3.63) is 71.0 Å². The van der Waals surface area contributed by atoms with E-state index in [1.54, 1.807) is 12.4 Å². The fraction of sp³-hybridized carbons (Fsp3) is 0.321. The number of anilines is 2. The summed E-state index contributed by atoms with van der Waals surface area (Å²) in [5, 5.41) is 8.36. The van der Waals surface area contributed by atoms with Crippen LogP contribution in [-0.2, 0) is 0 Å². The van der Waals surface area contributed by atoms with Crippen LogP contribution in [0.25, 0.3) is 22.3 Å². The average molecular weight is 488 g/mol. The molecule has 7 heteroatoms. The summed E-state index contributed by atoms with van der Waals surface area (Å²) in [7, 11) is 0. The highest BCUT2D eigenvalue weighted by Gasteiger charge is 2.21. The molecule has 6 nitrogen and oxygen atoms in total. The number of hydrogen-bond acceptors (Lipinski definition) is 6. The Hall–Kier alpha value is -3.22. The molecule has 2 aromatic heterocycles. The Morgan fingerprint density at radius 2 is 1.86 bits per heavy atom. The van der Waals surface area contributed by atoms with E-state index in [9.17, 15) is 0 Å². The highest BCUT2D eigenvalue weighted by molar-refractivity contribution is 6.33. The normalized spacial score (nSPS) is 14.4. The van der Waals surface area contributed by atoms with Gasteiger partial charge in [0, 0.05) is 17.1 Å². The van der Waals surface area contributed by atoms with Crippen LogP contribution in [0.5, 0.6) is 5.75 Å². The molecule has 2 N–H and O–H groups in total. The number of rotatable bonds is 6. The van der Waals surface area contributed by atoms with Crippen molar-refractivity contribution in [2.45, 2.75) is 45.6 Å². The molecule has 1 aliphatic rings. The molecule has 1 saturated heterocycles. The Morgan fingerprint density at radius 1 is 1.06 bits per heavy atom. The van der Waals surface area contributed by atoms with E-state index in [0.29, 0.717) is 22.6 Å². The van der Waals surface area contributed by atoms with Crippen molar-refractivity contribution >= 4 is 34.0 Å². The van der Waals surface area contributed by atoms with Gasteiger partial charge in [0.25, 0.3) is 0 Å². The highest BCUT2D eigenvalue weighted by atomic mass is 35.5. The van der Waals surface area contributed by atoms with Crippen LogP contribution in [0.4, 0.5) is 11.5 Å². The van der Waals surface area contributed by atoms with Crippen molar-refractivity contribution in [2.75, 3.05) is 18.4 Å². The largest absolute Gasteiger partial charge is 0.489 e. The number of pyridine rings is 1. The van der Waals surface area contributed by atoms with Gasteiger partial charge < -0.3 is 15.4 Å². The number of nitrogens with zero attached hydrogens (tertiary/aromatic N) is 3. The number of nitrogens with one attached hydrogen (secondary N) is 2. The number of halogens is 1. The monoisotopic (exact) mass is 487 g/mol. The van der Waals surface area contributed by atoms with Gasteiger partial charge in [-0.3, -0.25) is 4.98 Å². The van der Waals surface area contributed by atoms with E-state index in [-0.39, 0.29) is 6.10 Å². The van der Waals surface area contributed by atoms with E-state index in [1.807, 2.05) is 44.2 Å². The zero-order valence-corrected chi connectivity index (χ0v) is 21.1. The van der Waals surface area contributed by atoms with Crippen molar-refractivity contribution in [3.63, 3.8) is 0 Å². The van der Waals surface area contributed by atoms with Crippen LogP contribution in [0.15, 0.2) is 54.9 Å². The van der Waals surface area contributed by atoms with E-state index < -0.39 is 0 Å². The molecule has 2 aromatic carbocycles. The summed E-state index contributed by atoms with van der Waals surface area (Å²) in [5.41, 5.74) is 5.20. The first kappa shape index (κ1) is 23.5. The number of aromatic nitrogens is 3. The molecule has 180 valence electrons. The van der Waals surface area contributed by atoms with Gasteiger partial charge in [-0.15, -0.1) is 0 Å². The molecule has 35 heavy (non-hydrogen) atoms. The van der Waals surface area contributed by atoms with Gasteiger partial charge in [0.15, 0.2) is 11.6 Å². The second-order valence-electron chi connectivity index (χ2n) is 9.33. The summed E-state index contributed by atoms with van der Waals surface area (Å²) in [6, 6.07) is 14.4. The third-order valence-corrected chi connectivity index (χ3v) is 6.63. The molecule has 0 amide bonds. The average Bonchev–Trinajstić information content (AvgIpc) is 2.87. The molecule has 0 spiro atoms. The third-order valence-electron chi connectivity index (χ3n) is 6.36. The summed E-state index contributed by atoms with van der Waals surface area (Å²) in [4.78, 5) is 13.8. The maximum absolute atomic E-state index is 6.53. The van der Waals surface area contributed by atoms with Crippen LogP contribution in [0.1, 0.15) is 43.7 Å². The maximum Gasteiger partial charge on any atom is 0.163 e. The predicted octanol–water partition coefficient (Wildman–Crippen LogP) is 6.65. The van der Waals surface area contributed by atoms with Gasteiger partial charge in [-0.1, -0.05) is 29.8 Å². The van der Waals surface area contributed by atoms with Crippen LogP contribution in [0, 0.1) is 6.92 Å². The second-order valence-corrected chi connectivity index (χ2v) is 9.73. The Morgan fingerprint density at radius 3 is 2.66 bits per heavy atom. The Balaban J connectivity index is 1.50. The molecule has 0 atom stereocenters. The van der Waals surface area contributed by atoms with Crippen molar-refractivity contribution in [3.8, 4) is 17.1 Å². The number of aryl methyl sites for hydroxylation is 1. The Labute approximate surface area is 211 Å². The number of para-hydroxylation sites is 1. The van der Waals surface area contributed by atoms with Gasteiger partial charge in [0.2, 0.25) is 0 Å². The quantitative estimate of drug-likeness (QED) is 0.317. The minimum atomic E-state index is 0.0410. The number of ether oxygens (including phenoxy) is 1. The number of fused-ring (bicyclic) bond motifs is 1. The summed E-state index contributed by atoms with van der Waals surface area (Å²) < 4.78 is 6.23. The van der Waals surface area contributed by atoms with E-state index in [1.165, 1.54) is 11.1 Å². The molecule has 0 bridgehead atoms. The van der Waals surface area contributed by atoms with Crippen LogP contribution in [0.2, 0.25) is 5.02 Å². The van der Waals surface area contributed by atoms with Gasteiger partial charge in [-0.25, -0.2) is 9.97 Å². The second kappa shape index (κ2) is 10.2. The number of benzene rings is 2. The van der Waals surface area contributed by atoms with Gasteiger partial charge in [0.05, 0.1) is 23.5 Å². The van der Waals surface area contributed by atoms with Crippen molar-refractivity contribution < 1.29 is 4.74 Å². The highest BCUT2D eigenvalue weighted by Crippen LogP contribution is 2.38. The zero-order chi connectivity index (χ0) is 24.4. The molecule has 0 saturated carbocycles. The van der Waals surface area contributed by atoms with Crippen molar-refractivity contribution in [1.82, 2.24) is 20.3 Å². The lowest BCUT2D eigenvalue weighted by atomic mass is 9.87. The molecule has 1 aliphatic heterocycles. The van der Waals surface area contributed by atoms with E-state index in [0.717, 1.165) is 53.8 Å². The summed E-state index contributed by atoms with van der Waals surface area (Å²) in [6.45, 7) is 8.34. The Kier molecular flexibility index (Phi) is 6.84. The van der Waals surface area contributed by atoms with Gasteiger partial charge in [-0.2, -0.15) is 0 Å². The Bertz CT molecular complexity index is 1350. The minimum Gasteiger partial charge on any atom is -0.489 e. The predicted molar refractivity (Wildman–Crippen MR) is 143 cm³/mol. The number of hydrogen-bond donors (Lipinski definition) is 2. The number of piperidine rings is 1. The van der Waals surface area contributed by atoms with Crippen LogP contribution < -0.4 is 15.4 Å². The van der Waals surface area contributed by atoms with Crippen LogP contribution in [0.3, 0.4) is 0 Å². The first-order chi connectivity index (χ1) is 17.0. The zero-order valence-electron chi connectivity index (χ0n) is 20.3. The first-order valence-corrected chi connectivity index (χ1v) is 12.5. The lowest BCUT2D eigenvalue weighted by Gasteiger charge is -2.26. The smallest absolute Gasteiger partial charge is 0.163 e. The van der Waals surface area contributed by atoms with E-state index in [2.05, 4.69) is 39.7 Å². The molecule has 4 aromatic rings. The molecule has 0 radical (unpaired) electrons. The molecule has 0 unspecified atom stereocenters. The summed E-state index contributed by atoms with van der Waals surface area (Å²) in [6.07, 6.45) is 5.73. The van der Waals surface area contributed by atoms with Crippen molar-refractivity contribution in [1.29, 1.82) is 0 Å². The lowest BCUT2D eigenvalue weighted by molar-refractivity contribution is 0.243. The molecular formula is C28H30ClN5O. The first-order valence-electron chi connectivity index (χ1n) is 12.1. The van der Waals surface area contributed by atoms with Gasteiger partial charge in [0.1, 0.15) is 10.8 Å². The molecule has 1 fully saturated rings. The fourth-order valence-electron chi connectivity index (χ4n) is 4.64. The third kappa shape index (κ3) is 5.24. The topological polar surface area (TPSA) is 72.0 Å². The summed E-state index contributed by atoms with van der Waals surface area (Å²) >= 11 is 6.53. The minimum absolute atomic E-state index is 0.0410. The molecule has 0 aliphatic carbocycles. The molecule has 5 rings (SSSR count). The molecular weight excluding hydrogens is 458 g/mol. The van der Waals surface area contributed by atoms with Gasteiger partial charge >= 0.3 is 0 Å². The fourth-order valence-corrected chi connectivity index (χ4v) is 4.78. The van der Waals surface area contributed by atoms with Crippen molar-refractivity contribution in [2.24, 2.45) is 0 Å². The molecule has 3 heterocycles. The maximum atomic E-state index is 6.53. The summed E-state index contributed by atoms with van der Waals surface area (Å²) in [5.74, 6) is 2.44. The van der Waals surface area contributed by atoms with Crippen LogP contribution in [-0.4, -0.2) is 34.1 Å². The SMILES string of the molecule is Cc1cc(Nc2nc(-c3cnc4ccccc4c3)ncc2Cl)c(OC(C)C)cc1C1CCNCC1. The van der Waals surface area contributed by atoms with E-state index in [4.69, 9.17) is 21.3 Å². The standard InChI is InChI=1S/C28H30ClN5O/c1-17(2)35-26-14-22(19-8-10-30-11-9-19)18(3)12-25(26)33-28-23(29)16-32-27(34-28)21-13-20-6-4-5-7-24(20)31-15-21/h4-7,12-17,19,30H,8-11H2,1-3H3,(H,32,33,34). The van der Waals surface area contributed by atoms with E-state index >= 15 is 0 Å².